The first-order valence-electron chi connectivity index (χ1n) is 14.2. The highest BCUT2D eigenvalue weighted by atomic mass is 32.2. The van der Waals surface area contributed by atoms with Gasteiger partial charge in [0, 0.05) is 49.1 Å². The second-order valence-corrected chi connectivity index (χ2v) is 12.5. The van der Waals surface area contributed by atoms with Crippen LogP contribution in [0.4, 0.5) is 11.5 Å². The normalized spacial score (nSPS) is 15.1. The molecular weight excluding hydrogens is 562 g/mol. The third kappa shape index (κ3) is 5.38. The fraction of sp³-hybridized carbons (Fsp3) is 0.219. The Kier molecular flexibility index (Phi) is 7.13. The van der Waals surface area contributed by atoms with Crippen molar-refractivity contribution in [3.05, 3.63) is 96.7 Å². The first kappa shape index (κ1) is 27.3. The first-order chi connectivity index (χ1) is 21.0. The van der Waals surface area contributed by atoms with E-state index in [9.17, 15) is 8.42 Å². The van der Waals surface area contributed by atoms with Gasteiger partial charge in [-0.2, -0.15) is 0 Å². The number of sulfonamides is 1. The standard InChI is InChI=1S/C32H31N7O3S/c1-42-25-6-4-7-26(20-25)43(40,41)37-24-15-18-38(19-16-24)21-22-11-13-23(14-12-22)31-35-36-32-27-8-2-3-9-28(27)34-30-29(39(31)32)10-5-17-33-30/h2-14,17,20,24,37H,15-16,18-19,21H2,1H3,(H,33,34). The van der Waals surface area contributed by atoms with Crippen LogP contribution in [0.2, 0.25) is 0 Å². The van der Waals surface area contributed by atoms with Crippen LogP contribution in [0.5, 0.6) is 5.75 Å². The Morgan fingerprint density at radius 3 is 2.53 bits per heavy atom. The molecule has 0 aliphatic carbocycles. The van der Waals surface area contributed by atoms with E-state index in [1.807, 2.05) is 36.4 Å². The van der Waals surface area contributed by atoms with Crippen molar-refractivity contribution in [2.24, 2.45) is 0 Å². The Morgan fingerprint density at radius 2 is 1.72 bits per heavy atom. The van der Waals surface area contributed by atoms with Crippen LogP contribution in [-0.4, -0.2) is 59.3 Å². The van der Waals surface area contributed by atoms with E-state index < -0.39 is 10.0 Å². The number of pyridine rings is 1. The molecule has 2 aliphatic rings. The van der Waals surface area contributed by atoms with Gasteiger partial charge < -0.3 is 10.1 Å². The Labute approximate surface area is 250 Å². The minimum atomic E-state index is -3.61. The number of fused-ring (bicyclic) bond motifs is 5. The summed E-state index contributed by atoms with van der Waals surface area (Å²) in [6.07, 6.45) is 3.27. The maximum absolute atomic E-state index is 12.9. The topological polar surface area (TPSA) is 114 Å². The van der Waals surface area contributed by atoms with Crippen molar-refractivity contribution < 1.29 is 13.2 Å². The number of likely N-dealkylation sites (tertiary alicyclic amines) is 1. The molecule has 2 aliphatic heterocycles. The molecule has 5 aromatic rings. The highest BCUT2D eigenvalue weighted by molar-refractivity contribution is 7.89. The zero-order valence-electron chi connectivity index (χ0n) is 23.6. The molecular formula is C32H31N7O3S. The Bertz CT molecular complexity index is 1880. The average Bonchev–Trinajstić information content (AvgIpc) is 3.42. The molecule has 0 saturated carbocycles. The summed E-state index contributed by atoms with van der Waals surface area (Å²) in [7, 11) is -2.08. The van der Waals surface area contributed by atoms with E-state index in [1.54, 1.807) is 30.5 Å². The molecule has 3 aromatic carbocycles. The summed E-state index contributed by atoms with van der Waals surface area (Å²) in [6.45, 7) is 2.40. The first-order valence-corrected chi connectivity index (χ1v) is 15.7. The van der Waals surface area contributed by atoms with Crippen molar-refractivity contribution in [3.63, 3.8) is 0 Å². The Balaban J connectivity index is 1.04. The Morgan fingerprint density at radius 1 is 0.930 bits per heavy atom. The highest BCUT2D eigenvalue weighted by Crippen LogP contribution is 2.39. The van der Waals surface area contributed by atoms with E-state index in [2.05, 4.69) is 59.0 Å². The van der Waals surface area contributed by atoms with Gasteiger partial charge in [0.15, 0.2) is 17.5 Å². The van der Waals surface area contributed by atoms with E-state index >= 15 is 0 Å². The van der Waals surface area contributed by atoms with Gasteiger partial charge in [-0.15, -0.1) is 10.2 Å². The smallest absolute Gasteiger partial charge is 0.240 e. The maximum atomic E-state index is 12.9. The summed E-state index contributed by atoms with van der Waals surface area (Å²) >= 11 is 0. The van der Waals surface area contributed by atoms with Crippen molar-refractivity contribution in [2.75, 3.05) is 25.5 Å². The minimum absolute atomic E-state index is 0.102. The number of nitrogens with zero attached hydrogens (tertiary/aromatic N) is 5. The Hall–Kier alpha value is -4.58. The summed E-state index contributed by atoms with van der Waals surface area (Å²) < 4.78 is 35.9. The summed E-state index contributed by atoms with van der Waals surface area (Å²) in [5.41, 5.74) is 4.94. The van der Waals surface area contributed by atoms with E-state index in [4.69, 9.17) is 4.74 Å². The fourth-order valence-electron chi connectivity index (χ4n) is 5.74. The third-order valence-electron chi connectivity index (χ3n) is 7.99. The quantitative estimate of drug-likeness (QED) is 0.266. The molecule has 0 spiro atoms. The van der Waals surface area contributed by atoms with Crippen LogP contribution in [-0.2, 0) is 16.6 Å². The summed E-state index contributed by atoms with van der Waals surface area (Å²) in [4.78, 5) is 7.16. The van der Waals surface area contributed by atoms with Crippen LogP contribution in [0.25, 0.3) is 28.5 Å². The van der Waals surface area contributed by atoms with Gasteiger partial charge in [0.2, 0.25) is 10.0 Å². The van der Waals surface area contributed by atoms with Crippen molar-refractivity contribution in [1.29, 1.82) is 0 Å². The van der Waals surface area contributed by atoms with Gasteiger partial charge in [0.25, 0.3) is 0 Å². The van der Waals surface area contributed by atoms with Gasteiger partial charge >= 0.3 is 0 Å². The van der Waals surface area contributed by atoms with Crippen LogP contribution in [0.15, 0.2) is 96.0 Å². The number of hydrogen-bond donors (Lipinski definition) is 2. The predicted molar refractivity (Wildman–Crippen MR) is 165 cm³/mol. The number of benzene rings is 3. The summed E-state index contributed by atoms with van der Waals surface area (Å²) in [6, 6.07) is 26.9. The maximum Gasteiger partial charge on any atom is 0.240 e. The number of piperidine rings is 1. The second-order valence-electron chi connectivity index (χ2n) is 10.8. The van der Waals surface area contributed by atoms with Crippen molar-refractivity contribution in [1.82, 2.24) is 29.4 Å². The molecule has 10 nitrogen and oxygen atoms in total. The predicted octanol–water partition coefficient (Wildman–Crippen LogP) is 5.00. The zero-order valence-corrected chi connectivity index (χ0v) is 24.5. The number of ether oxygens (including phenoxy) is 1. The number of hydrogen-bond acceptors (Lipinski definition) is 8. The molecule has 4 heterocycles. The van der Waals surface area contributed by atoms with Crippen molar-refractivity contribution in [3.8, 4) is 34.2 Å². The SMILES string of the molecule is COc1cccc(S(=O)(=O)NC2CCN(Cc3ccc(-c4nnc5n4-c4cccnc4Nc4ccccc4-5)cc3)CC2)c1. The number of anilines is 2. The monoisotopic (exact) mass is 593 g/mol. The molecule has 11 heteroatoms. The lowest BCUT2D eigenvalue weighted by Gasteiger charge is -2.32. The molecule has 218 valence electrons. The number of methoxy groups -OCH3 is 1. The molecule has 0 bridgehead atoms. The molecule has 1 fully saturated rings. The van der Waals surface area contributed by atoms with Crippen LogP contribution >= 0.6 is 0 Å². The van der Waals surface area contributed by atoms with Gasteiger partial charge in [-0.05, 0) is 54.8 Å². The minimum Gasteiger partial charge on any atom is -0.497 e. The van der Waals surface area contributed by atoms with Gasteiger partial charge in [-0.3, -0.25) is 9.47 Å². The van der Waals surface area contributed by atoms with Crippen LogP contribution in [0, 0.1) is 0 Å². The number of rotatable bonds is 7. The van der Waals surface area contributed by atoms with Crippen LogP contribution < -0.4 is 14.8 Å². The van der Waals surface area contributed by atoms with Gasteiger partial charge in [-0.25, -0.2) is 18.1 Å². The lowest BCUT2D eigenvalue weighted by molar-refractivity contribution is 0.200. The lowest BCUT2D eigenvalue weighted by atomic mass is 10.0. The molecule has 0 atom stereocenters. The van der Waals surface area contributed by atoms with Crippen LogP contribution in [0.3, 0.4) is 0 Å². The van der Waals surface area contributed by atoms with E-state index in [1.165, 1.54) is 12.7 Å². The van der Waals surface area contributed by atoms with Crippen molar-refractivity contribution >= 4 is 21.5 Å². The van der Waals surface area contributed by atoms with E-state index in [0.29, 0.717) is 5.75 Å². The number of para-hydroxylation sites is 1. The molecule has 0 radical (unpaired) electrons. The number of aromatic nitrogens is 4. The van der Waals surface area contributed by atoms with Crippen molar-refractivity contribution in [2.45, 2.75) is 30.3 Å². The molecule has 0 unspecified atom stereocenters. The van der Waals surface area contributed by atoms with E-state index in [0.717, 1.165) is 72.4 Å². The van der Waals surface area contributed by atoms with Gasteiger partial charge in [0.05, 0.1) is 23.4 Å². The zero-order chi connectivity index (χ0) is 29.4. The molecule has 43 heavy (non-hydrogen) atoms. The second kappa shape index (κ2) is 11.3. The fourth-order valence-corrected chi connectivity index (χ4v) is 7.08. The average molecular weight is 594 g/mol. The highest BCUT2D eigenvalue weighted by Gasteiger charge is 2.26. The molecule has 2 aromatic heterocycles. The summed E-state index contributed by atoms with van der Waals surface area (Å²) in [5, 5.41) is 12.6. The lowest BCUT2D eigenvalue weighted by Crippen LogP contribution is -2.44. The van der Waals surface area contributed by atoms with Crippen LogP contribution in [0.1, 0.15) is 18.4 Å². The van der Waals surface area contributed by atoms with Gasteiger partial charge in [-0.1, -0.05) is 42.5 Å². The molecule has 2 N–H and O–H groups in total. The largest absolute Gasteiger partial charge is 0.497 e. The molecule has 0 amide bonds. The number of nitrogens with one attached hydrogen (secondary N) is 2. The third-order valence-corrected chi connectivity index (χ3v) is 9.51. The molecule has 1 saturated heterocycles. The van der Waals surface area contributed by atoms with E-state index in [-0.39, 0.29) is 10.9 Å². The molecule has 7 rings (SSSR count). The summed E-state index contributed by atoms with van der Waals surface area (Å²) in [5.74, 6) is 2.78. The van der Waals surface area contributed by atoms with Gasteiger partial charge in [0.1, 0.15) is 5.75 Å².